The van der Waals surface area contributed by atoms with Gasteiger partial charge in [-0.1, -0.05) is 27.2 Å². The van der Waals surface area contributed by atoms with Crippen LogP contribution in [0.2, 0.25) is 0 Å². The number of nitrogens with zero attached hydrogens (tertiary/aromatic N) is 2. The van der Waals surface area contributed by atoms with Crippen molar-refractivity contribution in [3.63, 3.8) is 0 Å². The first-order valence-electron chi connectivity index (χ1n) is 12.5. The summed E-state index contributed by atoms with van der Waals surface area (Å²) in [6.45, 7) is 7.98. The summed E-state index contributed by atoms with van der Waals surface area (Å²) < 4.78 is 1.99. The average molecular weight is 395 g/mol. The van der Waals surface area contributed by atoms with Crippen molar-refractivity contribution in [2.45, 2.75) is 72.3 Å². The van der Waals surface area contributed by atoms with Gasteiger partial charge >= 0.3 is 0 Å². The number of carbonyl (C=O) groups excluding carboxylic acids is 1. The van der Waals surface area contributed by atoms with E-state index >= 15 is 0 Å². The lowest BCUT2D eigenvalue weighted by molar-refractivity contribution is -0.135. The maximum absolute atomic E-state index is 13.5. The van der Waals surface area contributed by atoms with Crippen LogP contribution < -0.4 is 0 Å². The van der Waals surface area contributed by atoms with Crippen LogP contribution in [0.3, 0.4) is 0 Å². The first kappa shape index (κ1) is 18.6. The van der Waals surface area contributed by atoms with Gasteiger partial charge in [0.05, 0.1) is 12.9 Å². The van der Waals surface area contributed by atoms with Crippen molar-refractivity contribution in [3.05, 3.63) is 18.7 Å². The van der Waals surface area contributed by atoms with Crippen LogP contribution in [0, 0.1) is 64.6 Å². The average Bonchev–Trinajstić information content (AvgIpc) is 3.06. The minimum Gasteiger partial charge on any atom is -0.330 e. The molecule has 5 aliphatic carbocycles. The van der Waals surface area contributed by atoms with Crippen molar-refractivity contribution in [2.75, 3.05) is 0 Å². The molecule has 1 aromatic heterocycles. The smallest absolute Gasteiger partial charge is 0.156 e. The predicted molar refractivity (Wildman–Crippen MR) is 114 cm³/mol. The van der Waals surface area contributed by atoms with E-state index in [-0.39, 0.29) is 5.41 Å². The Morgan fingerprint density at radius 3 is 2.69 bits per heavy atom. The lowest BCUT2D eigenvalue weighted by Gasteiger charge is -2.57. The lowest BCUT2D eigenvalue weighted by atomic mass is 9.47. The summed E-state index contributed by atoms with van der Waals surface area (Å²) in [6.07, 6.45) is 15.6. The van der Waals surface area contributed by atoms with E-state index in [0.29, 0.717) is 24.2 Å². The topological polar surface area (TPSA) is 34.9 Å². The molecule has 0 spiro atoms. The van der Waals surface area contributed by atoms with Crippen molar-refractivity contribution in [3.8, 4) is 0 Å². The van der Waals surface area contributed by atoms with Gasteiger partial charge < -0.3 is 4.57 Å². The second-order valence-corrected chi connectivity index (χ2v) is 12.0. The maximum atomic E-state index is 13.5. The molecule has 5 fully saturated rings. The van der Waals surface area contributed by atoms with Gasteiger partial charge in [-0.05, 0) is 97.2 Å². The van der Waals surface area contributed by atoms with E-state index in [9.17, 15) is 4.79 Å². The summed E-state index contributed by atoms with van der Waals surface area (Å²) in [5.74, 6) is 8.72. The number of hydrogen-bond donors (Lipinski definition) is 0. The first-order valence-corrected chi connectivity index (χ1v) is 12.5. The summed E-state index contributed by atoms with van der Waals surface area (Å²) in [5, 5.41) is 0. The highest BCUT2D eigenvalue weighted by Gasteiger charge is 2.73. The molecule has 0 bridgehead atoms. The van der Waals surface area contributed by atoms with Crippen LogP contribution in [-0.4, -0.2) is 15.3 Å². The molecule has 3 nitrogen and oxygen atoms in total. The van der Waals surface area contributed by atoms with E-state index < -0.39 is 0 Å². The lowest BCUT2D eigenvalue weighted by Crippen LogP contribution is -2.51. The van der Waals surface area contributed by atoms with Crippen molar-refractivity contribution < 1.29 is 4.79 Å². The SMILES string of the molecule is C[C@H]1CC[C@H]2[C@H](CC[C@H]3C4C5[C@H]([C@H]5C)[C@H](C(=O)Cn5ccnc5)[C@@]4(C)CC[C@H]23)C1. The highest BCUT2D eigenvalue weighted by Crippen LogP contribution is 2.76. The van der Waals surface area contributed by atoms with Gasteiger partial charge in [0.15, 0.2) is 5.78 Å². The Labute approximate surface area is 176 Å². The van der Waals surface area contributed by atoms with Gasteiger partial charge in [-0.25, -0.2) is 4.98 Å². The Morgan fingerprint density at radius 2 is 1.90 bits per heavy atom. The number of carbonyl (C=O) groups is 1. The van der Waals surface area contributed by atoms with E-state index in [1.54, 1.807) is 6.20 Å². The fraction of sp³-hybridized carbons (Fsp3) is 0.846. The molecule has 0 N–H and O–H groups in total. The highest BCUT2D eigenvalue weighted by atomic mass is 16.1. The molecular formula is C26H38N2O. The number of hydrogen-bond acceptors (Lipinski definition) is 2. The van der Waals surface area contributed by atoms with E-state index in [0.717, 1.165) is 47.3 Å². The summed E-state index contributed by atoms with van der Waals surface area (Å²) in [4.78, 5) is 17.7. The molecule has 3 heteroatoms. The molecule has 0 aliphatic heterocycles. The molecule has 0 aromatic carbocycles. The standard InChI is InChI=1S/C26H38N2O/c1-15-4-6-18-17(12-15)5-7-20-19(18)8-9-26(3)24(20)22-16(2)23(22)25(26)21(29)13-28-11-10-27-14-28/h10-11,14-20,22-25H,4-9,12-13H2,1-3H3/t15-,16-,17+,18-,19+,20+,22?,23-,24?,25-,26-/m0/s1. The zero-order valence-corrected chi connectivity index (χ0v) is 18.5. The molecule has 1 aromatic rings. The largest absolute Gasteiger partial charge is 0.330 e. The second kappa shape index (κ2) is 6.44. The molecule has 29 heavy (non-hydrogen) atoms. The minimum atomic E-state index is 0.259. The second-order valence-electron chi connectivity index (χ2n) is 12.0. The van der Waals surface area contributed by atoms with E-state index in [4.69, 9.17) is 0 Å². The number of aromatic nitrogens is 2. The Kier molecular flexibility index (Phi) is 4.14. The zero-order valence-electron chi connectivity index (χ0n) is 18.5. The molecule has 158 valence electrons. The van der Waals surface area contributed by atoms with Crippen LogP contribution in [0.25, 0.3) is 0 Å². The summed E-state index contributed by atoms with van der Waals surface area (Å²) in [7, 11) is 0. The van der Waals surface area contributed by atoms with Gasteiger partial charge in [-0.2, -0.15) is 0 Å². The van der Waals surface area contributed by atoms with Gasteiger partial charge in [0.2, 0.25) is 0 Å². The molecule has 6 rings (SSSR count). The molecule has 0 saturated heterocycles. The zero-order chi connectivity index (χ0) is 19.9. The number of Topliss-reactive ketones (excluding diaryl/α,β-unsaturated/α-hetero) is 1. The van der Waals surface area contributed by atoms with Gasteiger partial charge in [0, 0.05) is 18.3 Å². The fourth-order valence-electron chi connectivity index (χ4n) is 9.75. The van der Waals surface area contributed by atoms with Crippen molar-refractivity contribution in [1.29, 1.82) is 0 Å². The number of imidazole rings is 1. The molecule has 2 unspecified atom stereocenters. The van der Waals surface area contributed by atoms with E-state index in [1.807, 2.05) is 17.1 Å². The van der Waals surface area contributed by atoms with Crippen LogP contribution in [0.5, 0.6) is 0 Å². The Bertz CT molecular complexity index is 787. The normalized spacial score (nSPS) is 52.8. The van der Waals surface area contributed by atoms with Crippen molar-refractivity contribution in [1.82, 2.24) is 9.55 Å². The van der Waals surface area contributed by atoms with Gasteiger partial charge in [0.25, 0.3) is 0 Å². The fourth-order valence-corrected chi connectivity index (χ4v) is 9.75. The summed E-state index contributed by atoms with van der Waals surface area (Å²) >= 11 is 0. The third-order valence-corrected chi connectivity index (χ3v) is 10.8. The molecule has 0 radical (unpaired) electrons. The molecule has 5 saturated carbocycles. The van der Waals surface area contributed by atoms with Crippen LogP contribution in [-0.2, 0) is 11.3 Å². The minimum absolute atomic E-state index is 0.259. The van der Waals surface area contributed by atoms with E-state index in [2.05, 4.69) is 25.8 Å². The predicted octanol–water partition coefficient (Wildman–Crippen LogP) is 5.46. The molecule has 0 amide bonds. The molecule has 5 aliphatic rings. The Morgan fingerprint density at radius 1 is 1.07 bits per heavy atom. The first-order chi connectivity index (χ1) is 14.0. The van der Waals surface area contributed by atoms with Crippen LogP contribution in [0.15, 0.2) is 18.7 Å². The summed E-state index contributed by atoms with van der Waals surface area (Å²) in [5.41, 5.74) is 0.259. The maximum Gasteiger partial charge on any atom is 0.156 e. The number of ketones is 1. The van der Waals surface area contributed by atoms with Gasteiger partial charge in [-0.15, -0.1) is 0 Å². The van der Waals surface area contributed by atoms with Gasteiger partial charge in [0.1, 0.15) is 0 Å². The molecule has 11 atom stereocenters. The van der Waals surface area contributed by atoms with Crippen molar-refractivity contribution in [2.24, 2.45) is 64.6 Å². The van der Waals surface area contributed by atoms with Crippen LogP contribution in [0.4, 0.5) is 0 Å². The van der Waals surface area contributed by atoms with E-state index in [1.165, 1.54) is 44.9 Å². The number of fused-ring (bicyclic) bond motifs is 7. The van der Waals surface area contributed by atoms with Crippen molar-refractivity contribution >= 4 is 5.78 Å². The van der Waals surface area contributed by atoms with Gasteiger partial charge in [-0.3, -0.25) is 4.79 Å². The van der Waals surface area contributed by atoms with Crippen LogP contribution in [0.1, 0.15) is 65.7 Å². The molecule has 1 heterocycles. The number of rotatable bonds is 3. The Balaban J connectivity index is 1.28. The monoisotopic (exact) mass is 394 g/mol. The highest BCUT2D eigenvalue weighted by molar-refractivity contribution is 5.83. The van der Waals surface area contributed by atoms with Crippen LogP contribution >= 0.6 is 0 Å². The quantitative estimate of drug-likeness (QED) is 0.682. The summed E-state index contributed by atoms with van der Waals surface area (Å²) in [6, 6.07) is 0. The Hall–Kier alpha value is -1.12. The third kappa shape index (κ3) is 2.61. The molecular weight excluding hydrogens is 356 g/mol. The third-order valence-electron chi connectivity index (χ3n) is 10.8.